The van der Waals surface area contributed by atoms with Crippen molar-refractivity contribution in [2.75, 3.05) is 18.0 Å². The molecule has 1 aromatic heterocycles. The Morgan fingerprint density at radius 3 is 2.52 bits per heavy atom. The molecular formula is C20H21ClF3N3O2. The van der Waals surface area contributed by atoms with Crippen molar-refractivity contribution in [3.05, 3.63) is 53.2 Å². The number of halogens is 4. The van der Waals surface area contributed by atoms with Gasteiger partial charge in [-0.2, -0.15) is 13.2 Å². The Labute approximate surface area is 171 Å². The second kappa shape index (κ2) is 8.90. The summed E-state index contributed by atoms with van der Waals surface area (Å²) in [5.74, 6) is 0.703. The summed E-state index contributed by atoms with van der Waals surface area (Å²) >= 11 is 6.04. The summed E-state index contributed by atoms with van der Waals surface area (Å²) in [7, 11) is 0. The average molecular weight is 428 g/mol. The van der Waals surface area contributed by atoms with E-state index in [2.05, 4.69) is 10.3 Å². The third-order valence-electron chi connectivity index (χ3n) is 4.75. The molecular weight excluding hydrogens is 407 g/mol. The van der Waals surface area contributed by atoms with E-state index in [0.717, 1.165) is 12.3 Å². The number of nitrogens with zero attached hydrogens (tertiary/aromatic N) is 2. The topological polar surface area (TPSA) is 54.5 Å². The highest BCUT2D eigenvalue weighted by Crippen LogP contribution is 2.30. The third-order valence-corrected chi connectivity index (χ3v) is 5.06. The Morgan fingerprint density at radius 1 is 1.24 bits per heavy atom. The molecule has 1 atom stereocenters. The van der Waals surface area contributed by atoms with E-state index < -0.39 is 17.8 Å². The second-order valence-electron chi connectivity index (χ2n) is 6.86. The SMILES string of the molecule is CC(Oc1ccccc1Cl)C(=O)NC1CCN(c2ccc(C(F)(F)F)cn2)CC1. The highest BCUT2D eigenvalue weighted by molar-refractivity contribution is 6.32. The molecule has 0 spiro atoms. The van der Waals surface area contributed by atoms with Crippen molar-refractivity contribution in [3.63, 3.8) is 0 Å². The molecule has 0 bridgehead atoms. The van der Waals surface area contributed by atoms with Crippen molar-refractivity contribution in [3.8, 4) is 5.75 Å². The van der Waals surface area contributed by atoms with E-state index in [4.69, 9.17) is 16.3 Å². The molecule has 0 aliphatic carbocycles. The lowest BCUT2D eigenvalue weighted by atomic mass is 10.0. The van der Waals surface area contributed by atoms with E-state index in [9.17, 15) is 18.0 Å². The van der Waals surface area contributed by atoms with Crippen molar-refractivity contribution < 1.29 is 22.7 Å². The summed E-state index contributed by atoms with van der Waals surface area (Å²) in [5.41, 5.74) is -0.768. The van der Waals surface area contributed by atoms with Crippen LogP contribution >= 0.6 is 11.6 Å². The van der Waals surface area contributed by atoms with Gasteiger partial charge in [-0.3, -0.25) is 4.79 Å². The molecule has 1 aliphatic rings. The number of carbonyl (C=O) groups excluding carboxylic acids is 1. The number of amides is 1. The minimum Gasteiger partial charge on any atom is -0.479 e. The van der Waals surface area contributed by atoms with Gasteiger partial charge in [0.1, 0.15) is 11.6 Å². The zero-order valence-corrected chi connectivity index (χ0v) is 16.5. The van der Waals surface area contributed by atoms with Crippen LogP contribution in [0.15, 0.2) is 42.6 Å². The van der Waals surface area contributed by atoms with Crippen molar-refractivity contribution >= 4 is 23.3 Å². The highest BCUT2D eigenvalue weighted by Gasteiger charge is 2.31. The first-order valence-electron chi connectivity index (χ1n) is 9.24. The average Bonchev–Trinajstić information content (AvgIpc) is 2.69. The Kier molecular flexibility index (Phi) is 6.52. The number of alkyl halides is 3. The predicted octanol–water partition coefficient (Wildman–Crippen LogP) is 4.31. The lowest BCUT2D eigenvalue weighted by Crippen LogP contribution is -2.48. The Hall–Kier alpha value is -2.48. The molecule has 9 heteroatoms. The minimum atomic E-state index is -4.40. The summed E-state index contributed by atoms with van der Waals surface area (Å²) in [6, 6.07) is 9.31. The van der Waals surface area contributed by atoms with Gasteiger partial charge in [0.2, 0.25) is 0 Å². The van der Waals surface area contributed by atoms with Gasteiger partial charge >= 0.3 is 6.18 Å². The van der Waals surface area contributed by atoms with Gasteiger partial charge in [-0.15, -0.1) is 0 Å². The fourth-order valence-corrected chi connectivity index (χ4v) is 3.28. The van der Waals surface area contributed by atoms with Gasteiger partial charge in [-0.25, -0.2) is 4.98 Å². The first-order chi connectivity index (χ1) is 13.7. The van der Waals surface area contributed by atoms with Gasteiger partial charge in [0.25, 0.3) is 5.91 Å². The lowest BCUT2D eigenvalue weighted by molar-refractivity contribution is -0.137. The molecule has 1 fully saturated rings. The molecule has 1 aromatic carbocycles. The molecule has 156 valence electrons. The standard InChI is InChI=1S/C20H21ClF3N3O2/c1-13(29-17-5-3-2-4-16(17)21)19(28)26-15-8-10-27(11-9-15)18-7-6-14(12-25-18)20(22,23)24/h2-7,12-13,15H,8-11H2,1H3,(H,26,28). The van der Waals surface area contributed by atoms with Crippen LogP contribution in [0.2, 0.25) is 5.02 Å². The molecule has 2 aromatic rings. The summed E-state index contributed by atoms with van der Waals surface area (Å²) < 4.78 is 43.6. The number of rotatable bonds is 5. The number of hydrogen-bond acceptors (Lipinski definition) is 4. The van der Waals surface area contributed by atoms with Crippen LogP contribution in [0.3, 0.4) is 0 Å². The number of pyridine rings is 1. The summed E-state index contributed by atoms with van der Waals surface area (Å²) in [5, 5.41) is 3.39. The molecule has 3 rings (SSSR count). The van der Waals surface area contributed by atoms with Crippen LogP contribution < -0.4 is 15.0 Å². The van der Waals surface area contributed by atoms with Gasteiger partial charge in [0.15, 0.2) is 6.10 Å². The number of piperidine rings is 1. The Bertz CT molecular complexity index is 838. The maximum absolute atomic E-state index is 12.6. The van der Waals surface area contributed by atoms with E-state index >= 15 is 0 Å². The zero-order chi connectivity index (χ0) is 21.0. The van der Waals surface area contributed by atoms with E-state index in [-0.39, 0.29) is 11.9 Å². The van der Waals surface area contributed by atoms with Crippen LogP contribution in [-0.2, 0) is 11.0 Å². The molecule has 1 N–H and O–H groups in total. The van der Waals surface area contributed by atoms with Crippen LogP contribution in [0, 0.1) is 0 Å². The summed E-state index contributed by atoms with van der Waals surface area (Å²) in [6.07, 6.45) is -2.94. The maximum atomic E-state index is 12.6. The van der Waals surface area contributed by atoms with E-state index in [1.807, 2.05) is 4.90 Å². The number of nitrogens with one attached hydrogen (secondary N) is 1. The first kappa shape index (κ1) is 21.2. The van der Waals surface area contributed by atoms with E-state index in [1.165, 1.54) is 6.07 Å². The predicted molar refractivity (Wildman–Crippen MR) is 104 cm³/mol. The smallest absolute Gasteiger partial charge is 0.417 e. The molecule has 5 nitrogen and oxygen atoms in total. The second-order valence-corrected chi connectivity index (χ2v) is 7.27. The van der Waals surface area contributed by atoms with Gasteiger partial charge in [0, 0.05) is 25.3 Å². The van der Waals surface area contributed by atoms with Crippen molar-refractivity contribution in [1.29, 1.82) is 0 Å². The Balaban J connectivity index is 1.49. The first-order valence-corrected chi connectivity index (χ1v) is 9.61. The van der Waals surface area contributed by atoms with Gasteiger partial charge in [0.05, 0.1) is 10.6 Å². The van der Waals surface area contributed by atoms with Crippen LogP contribution in [0.1, 0.15) is 25.3 Å². The summed E-state index contributed by atoms with van der Waals surface area (Å²) in [6.45, 7) is 2.83. The van der Waals surface area contributed by atoms with E-state index in [1.54, 1.807) is 31.2 Å². The van der Waals surface area contributed by atoms with Crippen molar-refractivity contribution in [2.24, 2.45) is 0 Å². The highest BCUT2D eigenvalue weighted by atomic mass is 35.5. The Morgan fingerprint density at radius 2 is 1.93 bits per heavy atom. The largest absolute Gasteiger partial charge is 0.479 e. The maximum Gasteiger partial charge on any atom is 0.417 e. The molecule has 1 saturated heterocycles. The van der Waals surface area contributed by atoms with Crippen molar-refractivity contribution in [1.82, 2.24) is 10.3 Å². The number of hydrogen-bond donors (Lipinski definition) is 1. The third kappa shape index (κ3) is 5.53. The van der Waals surface area contributed by atoms with Crippen LogP contribution in [-0.4, -0.2) is 36.1 Å². The molecule has 2 heterocycles. The molecule has 1 amide bonds. The van der Waals surface area contributed by atoms with Gasteiger partial charge in [-0.1, -0.05) is 23.7 Å². The normalized spacial score (nSPS) is 16.4. The number of aromatic nitrogens is 1. The lowest BCUT2D eigenvalue weighted by Gasteiger charge is -2.33. The van der Waals surface area contributed by atoms with Crippen LogP contribution in [0.25, 0.3) is 0 Å². The molecule has 1 aliphatic heterocycles. The number of carbonyl (C=O) groups is 1. The number of ether oxygens (including phenoxy) is 1. The van der Waals surface area contributed by atoms with E-state index in [0.29, 0.717) is 42.5 Å². The molecule has 1 unspecified atom stereocenters. The van der Waals surface area contributed by atoms with Gasteiger partial charge in [-0.05, 0) is 44.0 Å². The summed E-state index contributed by atoms with van der Waals surface area (Å²) in [4.78, 5) is 18.2. The molecule has 0 radical (unpaired) electrons. The monoisotopic (exact) mass is 427 g/mol. The fraction of sp³-hybridized carbons (Fsp3) is 0.400. The van der Waals surface area contributed by atoms with Gasteiger partial charge < -0.3 is 15.0 Å². The zero-order valence-electron chi connectivity index (χ0n) is 15.7. The minimum absolute atomic E-state index is 0.0366. The van der Waals surface area contributed by atoms with Crippen LogP contribution in [0.4, 0.5) is 19.0 Å². The van der Waals surface area contributed by atoms with Crippen LogP contribution in [0.5, 0.6) is 5.75 Å². The number of para-hydroxylation sites is 1. The van der Waals surface area contributed by atoms with Crippen molar-refractivity contribution in [2.45, 2.75) is 38.1 Å². The molecule has 29 heavy (non-hydrogen) atoms. The molecule has 0 saturated carbocycles. The quantitative estimate of drug-likeness (QED) is 0.772. The number of anilines is 1. The fourth-order valence-electron chi connectivity index (χ4n) is 3.10. The number of benzene rings is 1.